The third-order valence-corrected chi connectivity index (χ3v) is 3.94. The lowest BCUT2D eigenvalue weighted by Crippen LogP contribution is -2.53. The quantitative estimate of drug-likeness (QED) is 0.526. The first-order valence-corrected chi connectivity index (χ1v) is 5.66. The maximum absolute atomic E-state index is 5.46. The van der Waals surface area contributed by atoms with Crippen LogP contribution in [-0.4, -0.2) is 43.9 Å². The zero-order valence-corrected chi connectivity index (χ0v) is 8.61. The summed E-state index contributed by atoms with van der Waals surface area (Å²) in [6, 6.07) is 0. The number of nitrogens with zero attached hydrogens (tertiary/aromatic N) is 1. The first-order valence-electron chi connectivity index (χ1n) is 5.66. The summed E-state index contributed by atoms with van der Waals surface area (Å²) in [5, 5.41) is 0. The van der Waals surface area contributed by atoms with Gasteiger partial charge < -0.3 is 9.22 Å². The van der Waals surface area contributed by atoms with E-state index in [0.717, 1.165) is 19.1 Å². The van der Waals surface area contributed by atoms with E-state index in [9.17, 15) is 0 Å². The predicted molar refractivity (Wildman–Crippen MR) is 55.9 cm³/mol. The number of hydrogen-bond acceptors (Lipinski definition) is 1. The smallest absolute Gasteiger partial charge is 0.103 e. The summed E-state index contributed by atoms with van der Waals surface area (Å²) >= 11 is 0. The second-order valence-corrected chi connectivity index (χ2v) is 4.84. The van der Waals surface area contributed by atoms with Crippen LogP contribution in [0.3, 0.4) is 0 Å². The van der Waals surface area contributed by atoms with Gasteiger partial charge in [0.05, 0.1) is 19.8 Å². The van der Waals surface area contributed by atoms with E-state index in [1.54, 1.807) is 5.57 Å². The molecule has 2 fully saturated rings. The molecule has 2 nitrogen and oxygen atoms in total. The van der Waals surface area contributed by atoms with Gasteiger partial charge in [-0.25, -0.2) is 0 Å². The van der Waals surface area contributed by atoms with E-state index in [1.165, 1.54) is 37.1 Å². The zero-order valence-electron chi connectivity index (χ0n) is 8.61. The van der Waals surface area contributed by atoms with E-state index >= 15 is 0 Å². The third kappa shape index (κ3) is 1.33. The minimum absolute atomic E-state index is 0.845. The van der Waals surface area contributed by atoms with Crippen molar-refractivity contribution in [1.29, 1.82) is 0 Å². The van der Waals surface area contributed by atoms with Gasteiger partial charge in [0.2, 0.25) is 0 Å². The first-order chi connectivity index (χ1) is 6.88. The largest absolute Gasteiger partial charge is 0.370 e. The summed E-state index contributed by atoms with van der Waals surface area (Å²) in [6.45, 7) is 7.04. The summed E-state index contributed by atoms with van der Waals surface area (Å²) in [7, 11) is 0. The van der Waals surface area contributed by atoms with Crippen molar-refractivity contribution in [2.45, 2.75) is 6.42 Å². The second-order valence-electron chi connectivity index (χ2n) is 4.84. The Morgan fingerprint density at radius 3 is 2.93 bits per heavy atom. The van der Waals surface area contributed by atoms with Gasteiger partial charge in [0.1, 0.15) is 19.6 Å². The monoisotopic (exact) mass is 192 g/mol. The Labute approximate surface area is 85.4 Å². The maximum Gasteiger partial charge on any atom is 0.103 e. The molecule has 2 aliphatic heterocycles. The maximum atomic E-state index is 5.46. The molecule has 76 valence electrons. The minimum atomic E-state index is 0.845. The average molecular weight is 192 g/mol. The van der Waals surface area contributed by atoms with Gasteiger partial charge in [-0.3, -0.25) is 0 Å². The highest BCUT2D eigenvalue weighted by Gasteiger charge is 2.42. The standard InChI is InChI=1S/C12H18NO/c1-2-4-12-10-13(9-11(12)3-1)5-7-14-8-6-13/h1-3,12H,4-10H2/q+1. The number of allylic oxidation sites excluding steroid dienone is 3. The molecule has 0 aromatic rings. The van der Waals surface area contributed by atoms with Crippen molar-refractivity contribution in [3.05, 3.63) is 23.8 Å². The highest BCUT2D eigenvalue weighted by molar-refractivity contribution is 5.23. The molecule has 1 atom stereocenters. The van der Waals surface area contributed by atoms with Gasteiger partial charge in [0.25, 0.3) is 0 Å². The van der Waals surface area contributed by atoms with Gasteiger partial charge in [0, 0.05) is 5.92 Å². The molecular formula is C12H18NO+. The van der Waals surface area contributed by atoms with Crippen molar-refractivity contribution in [2.24, 2.45) is 5.92 Å². The molecule has 3 aliphatic rings. The molecule has 2 heteroatoms. The van der Waals surface area contributed by atoms with Gasteiger partial charge in [0.15, 0.2) is 0 Å². The Hall–Kier alpha value is -0.600. The minimum Gasteiger partial charge on any atom is -0.370 e. The highest BCUT2D eigenvalue weighted by Crippen LogP contribution is 2.34. The molecule has 14 heavy (non-hydrogen) atoms. The fraction of sp³-hybridized carbons (Fsp3) is 0.667. The number of hydrogen-bond donors (Lipinski definition) is 0. The number of fused-ring (bicyclic) bond motifs is 1. The Morgan fingerprint density at radius 2 is 2.14 bits per heavy atom. The fourth-order valence-electron chi connectivity index (χ4n) is 3.09. The summed E-state index contributed by atoms with van der Waals surface area (Å²) in [5.41, 5.74) is 1.69. The Balaban J connectivity index is 1.80. The van der Waals surface area contributed by atoms with Crippen molar-refractivity contribution in [1.82, 2.24) is 0 Å². The van der Waals surface area contributed by atoms with E-state index < -0.39 is 0 Å². The van der Waals surface area contributed by atoms with Crippen LogP contribution in [0.5, 0.6) is 0 Å². The van der Waals surface area contributed by atoms with Crippen LogP contribution in [-0.2, 0) is 4.74 Å². The summed E-state index contributed by atoms with van der Waals surface area (Å²) in [6.07, 6.45) is 8.16. The molecule has 0 aromatic heterocycles. The van der Waals surface area contributed by atoms with Crippen LogP contribution in [0.25, 0.3) is 0 Å². The van der Waals surface area contributed by atoms with Crippen molar-refractivity contribution in [3.63, 3.8) is 0 Å². The van der Waals surface area contributed by atoms with E-state index in [-0.39, 0.29) is 0 Å². The normalized spacial score (nSPS) is 34.3. The number of rotatable bonds is 0. The van der Waals surface area contributed by atoms with Crippen molar-refractivity contribution >= 4 is 0 Å². The third-order valence-electron chi connectivity index (χ3n) is 3.94. The molecule has 2 saturated heterocycles. The molecule has 1 spiro atoms. The van der Waals surface area contributed by atoms with Crippen LogP contribution in [0, 0.1) is 5.92 Å². The van der Waals surface area contributed by atoms with Crippen LogP contribution >= 0.6 is 0 Å². The topological polar surface area (TPSA) is 9.23 Å². The average Bonchev–Trinajstić information content (AvgIpc) is 2.56. The van der Waals surface area contributed by atoms with E-state index in [0.29, 0.717) is 0 Å². The lowest BCUT2D eigenvalue weighted by molar-refractivity contribution is -0.923. The lowest BCUT2D eigenvalue weighted by Gasteiger charge is -2.37. The number of morpholine rings is 1. The summed E-state index contributed by atoms with van der Waals surface area (Å²) < 4.78 is 6.76. The lowest BCUT2D eigenvalue weighted by atomic mass is 9.95. The van der Waals surface area contributed by atoms with Crippen LogP contribution in [0.2, 0.25) is 0 Å². The van der Waals surface area contributed by atoms with Crippen molar-refractivity contribution < 1.29 is 9.22 Å². The fourth-order valence-corrected chi connectivity index (χ4v) is 3.09. The van der Waals surface area contributed by atoms with Crippen molar-refractivity contribution in [3.8, 4) is 0 Å². The molecule has 0 amide bonds. The molecule has 1 aliphatic carbocycles. The molecule has 0 radical (unpaired) electrons. The second kappa shape index (κ2) is 3.21. The van der Waals surface area contributed by atoms with Gasteiger partial charge in [-0.2, -0.15) is 0 Å². The summed E-state index contributed by atoms with van der Waals surface area (Å²) in [5.74, 6) is 0.845. The van der Waals surface area contributed by atoms with Crippen molar-refractivity contribution in [2.75, 3.05) is 39.4 Å². The van der Waals surface area contributed by atoms with E-state index in [2.05, 4.69) is 18.2 Å². The molecule has 1 unspecified atom stereocenters. The van der Waals surface area contributed by atoms with Gasteiger partial charge in [-0.05, 0) is 12.0 Å². The van der Waals surface area contributed by atoms with Crippen LogP contribution in [0.4, 0.5) is 0 Å². The number of ether oxygens (including phenoxy) is 1. The van der Waals surface area contributed by atoms with E-state index in [1.807, 2.05) is 0 Å². The predicted octanol–water partition coefficient (Wildman–Crippen LogP) is 1.35. The SMILES string of the molecule is C1=CCC2C[N+]3(CCOCC3)CC2=C1. The Kier molecular flexibility index (Phi) is 1.99. The van der Waals surface area contributed by atoms with Crippen LogP contribution in [0.15, 0.2) is 23.8 Å². The molecular weight excluding hydrogens is 174 g/mol. The van der Waals surface area contributed by atoms with Gasteiger partial charge in [-0.1, -0.05) is 18.2 Å². The van der Waals surface area contributed by atoms with Crippen LogP contribution < -0.4 is 0 Å². The van der Waals surface area contributed by atoms with Crippen LogP contribution in [0.1, 0.15) is 6.42 Å². The van der Waals surface area contributed by atoms with E-state index in [4.69, 9.17) is 4.74 Å². The number of quaternary nitrogens is 1. The molecule has 0 saturated carbocycles. The molecule has 2 heterocycles. The Morgan fingerprint density at radius 1 is 1.29 bits per heavy atom. The van der Waals surface area contributed by atoms with Gasteiger partial charge in [-0.15, -0.1) is 0 Å². The molecule has 3 rings (SSSR count). The zero-order chi connectivity index (χ0) is 9.43. The van der Waals surface area contributed by atoms with Gasteiger partial charge >= 0.3 is 0 Å². The molecule has 0 N–H and O–H groups in total. The Bertz CT molecular complexity index is 287. The molecule has 0 bridgehead atoms. The first kappa shape index (κ1) is 8.69. The highest BCUT2D eigenvalue weighted by atomic mass is 16.5. The summed E-state index contributed by atoms with van der Waals surface area (Å²) in [4.78, 5) is 0. The molecule has 0 aromatic carbocycles.